The van der Waals surface area contributed by atoms with E-state index in [0.717, 1.165) is 27.1 Å². The highest BCUT2D eigenvalue weighted by molar-refractivity contribution is 9.10. The van der Waals surface area contributed by atoms with E-state index in [2.05, 4.69) is 20.9 Å². The van der Waals surface area contributed by atoms with Gasteiger partial charge in [0.1, 0.15) is 5.65 Å². The van der Waals surface area contributed by atoms with Gasteiger partial charge in [0.25, 0.3) is 0 Å². The Morgan fingerprint density at radius 2 is 1.95 bits per heavy atom. The predicted octanol–water partition coefficient (Wildman–Crippen LogP) is 4.21. The zero-order valence-corrected chi connectivity index (χ0v) is 12.7. The van der Waals surface area contributed by atoms with Crippen molar-refractivity contribution in [1.29, 1.82) is 0 Å². The Bertz CT molecular complexity index is 737. The number of rotatable bonds is 3. The second-order valence-corrected chi connectivity index (χ2v) is 5.63. The van der Waals surface area contributed by atoms with Gasteiger partial charge in [-0.15, -0.1) is 0 Å². The third-order valence-corrected chi connectivity index (χ3v) is 3.84. The quantitative estimate of drug-likeness (QED) is 0.781. The minimum absolute atomic E-state index is 0.533. The van der Waals surface area contributed by atoms with Crippen LogP contribution in [0.15, 0.2) is 53.1 Å². The molecule has 0 aliphatic rings. The first kappa shape index (κ1) is 13.3. The molecular formula is C16H15BrN2O. The molecule has 3 nitrogen and oxygen atoms in total. The van der Waals surface area contributed by atoms with Crippen molar-refractivity contribution < 1.29 is 5.11 Å². The summed E-state index contributed by atoms with van der Waals surface area (Å²) < 4.78 is 2.92. The lowest BCUT2D eigenvalue weighted by Gasteiger charge is -2.10. The summed E-state index contributed by atoms with van der Waals surface area (Å²) in [4.78, 5) is 4.68. The average Bonchev–Trinajstić information content (AvgIpc) is 2.86. The number of hydrogen-bond donors (Lipinski definition) is 1. The average molecular weight is 331 g/mol. The van der Waals surface area contributed by atoms with Gasteiger partial charge in [-0.1, -0.05) is 37.3 Å². The Morgan fingerprint density at radius 3 is 2.65 bits per heavy atom. The molecule has 3 rings (SSSR count). The first-order valence-corrected chi connectivity index (χ1v) is 7.41. The van der Waals surface area contributed by atoms with Crippen LogP contribution in [0, 0.1) is 0 Å². The maximum atomic E-state index is 10.4. The van der Waals surface area contributed by atoms with Crippen molar-refractivity contribution in [2.75, 3.05) is 0 Å². The highest BCUT2D eigenvalue weighted by atomic mass is 79.9. The van der Waals surface area contributed by atoms with Crippen molar-refractivity contribution in [1.82, 2.24) is 9.38 Å². The third kappa shape index (κ3) is 2.25. The molecule has 1 aromatic carbocycles. The molecule has 0 radical (unpaired) electrons. The highest BCUT2D eigenvalue weighted by Gasteiger charge is 2.19. The van der Waals surface area contributed by atoms with Crippen LogP contribution in [0.3, 0.4) is 0 Å². The van der Waals surface area contributed by atoms with Crippen molar-refractivity contribution in [3.05, 3.63) is 58.8 Å². The molecule has 0 spiro atoms. The Balaban J connectivity index is 2.31. The number of aromatic nitrogens is 2. The number of fused-ring (bicyclic) bond motifs is 1. The number of halogens is 1. The van der Waals surface area contributed by atoms with Gasteiger partial charge < -0.3 is 5.11 Å². The minimum atomic E-state index is -0.533. The monoisotopic (exact) mass is 330 g/mol. The Morgan fingerprint density at radius 1 is 1.20 bits per heavy atom. The summed E-state index contributed by atoms with van der Waals surface area (Å²) in [5, 5.41) is 10.4. The molecule has 0 aliphatic carbocycles. The number of nitrogens with zero attached hydrogens (tertiary/aromatic N) is 2. The molecule has 1 N–H and O–H groups in total. The molecule has 2 heterocycles. The van der Waals surface area contributed by atoms with Crippen molar-refractivity contribution in [3.8, 4) is 11.3 Å². The number of pyridine rings is 1. The van der Waals surface area contributed by atoms with Gasteiger partial charge in [0.05, 0.1) is 17.5 Å². The first-order chi connectivity index (χ1) is 9.70. The largest absolute Gasteiger partial charge is 0.387 e. The number of imidazole rings is 1. The summed E-state index contributed by atoms with van der Waals surface area (Å²) >= 11 is 3.47. The minimum Gasteiger partial charge on any atom is -0.387 e. The number of aliphatic hydroxyl groups is 1. The summed E-state index contributed by atoms with van der Waals surface area (Å²) in [6.45, 7) is 1.97. The van der Waals surface area contributed by atoms with Crippen molar-refractivity contribution in [3.63, 3.8) is 0 Å². The van der Waals surface area contributed by atoms with E-state index >= 15 is 0 Å². The van der Waals surface area contributed by atoms with Crippen molar-refractivity contribution in [2.45, 2.75) is 19.4 Å². The van der Waals surface area contributed by atoms with Crippen LogP contribution in [-0.4, -0.2) is 14.5 Å². The Kier molecular flexibility index (Phi) is 3.59. The van der Waals surface area contributed by atoms with Gasteiger partial charge >= 0.3 is 0 Å². The second-order valence-electron chi connectivity index (χ2n) is 4.71. The Hall–Kier alpha value is -1.65. The van der Waals surface area contributed by atoms with Crippen LogP contribution < -0.4 is 0 Å². The Labute approximate surface area is 126 Å². The van der Waals surface area contributed by atoms with Gasteiger partial charge in [0, 0.05) is 16.2 Å². The maximum Gasteiger partial charge on any atom is 0.137 e. The molecule has 0 saturated carbocycles. The molecule has 20 heavy (non-hydrogen) atoms. The van der Waals surface area contributed by atoms with Crippen molar-refractivity contribution in [2.24, 2.45) is 0 Å². The normalized spacial score (nSPS) is 12.8. The number of benzene rings is 1. The van der Waals surface area contributed by atoms with E-state index in [9.17, 15) is 5.11 Å². The maximum absolute atomic E-state index is 10.4. The van der Waals surface area contributed by atoms with E-state index in [1.807, 2.05) is 60.0 Å². The molecule has 0 amide bonds. The number of hydrogen-bond acceptors (Lipinski definition) is 2. The van der Waals surface area contributed by atoms with Crippen LogP contribution >= 0.6 is 15.9 Å². The lowest BCUT2D eigenvalue weighted by molar-refractivity contribution is 0.168. The molecular weight excluding hydrogens is 316 g/mol. The zero-order valence-electron chi connectivity index (χ0n) is 11.1. The molecule has 2 aromatic heterocycles. The molecule has 102 valence electrons. The lowest BCUT2D eigenvalue weighted by atomic mass is 10.1. The fraction of sp³-hybridized carbons (Fsp3) is 0.188. The molecule has 0 bridgehead atoms. The van der Waals surface area contributed by atoms with Crippen LogP contribution in [0.25, 0.3) is 16.9 Å². The molecule has 1 unspecified atom stereocenters. The van der Waals surface area contributed by atoms with Gasteiger partial charge in [-0.25, -0.2) is 4.98 Å². The van der Waals surface area contributed by atoms with Crippen molar-refractivity contribution >= 4 is 21.6 Å². The fourth-order valence-corrected chi connectivity index (χ4v) is 2.69. The first-order valence-electron chi connectivity index (χ1n) is 6.61. The summed E-state index contributed by atoms with van der Waals surface area (Å²) in [5.74, 6) is 0. The van der Waals surface area contributed by atoms with Gasteiger partial charge in [-0.05, 0) is 34.5 Å². The van der Waals surface area contributed by atoms with Crippen LogP contribution in [0.5, 0.6) is 0 Å². The van der Waals surface area contributed by atoms with Gasteiger partial charge in [-0.2, -0.15) is 0 Å². The molecule has 0 aliphatic heterocycles. The van der Waals surface area contributed by atoms with Gasteiger partial charge in [0.15, 0.2) is 0 Å². The topological polar surface area (TPSA) is 37.5 Å². The third-order valence-electron chi connectivity index (χ3n) is 3.37. The van der Waals surface area contributed by atoms with E-state index in [1.54, 1.807) is 0 Å². The molecule has 3 aromatic rings. The molecule has 1 atom stereocenters. The van der Waals surface area contributed by atoms with Gasteiger partial charge in [0.2, 0.25) is 0 Å². The van der Waals surface area contributed by atoms with Crippen LogP contribution in [0.4, 0.5) is 0 Å². The smallest absolute Gasteiger partial charge is 0.137 e. The van der Waals surface area contributed by atoms with Gasteiger partial charge in [-0.3, -0.25) is 4.40 Å². The van der Waals surface area contributed by atoms with Crippen LogP contribution in [0.2, 0.25) is 0 Å². The molecule has 0 fully saturated rings. The predicted molar refractivity (Wildman–Crippen MR) is 83.6 cm³/mol. The summed E-state index contributed by atoms with van der Waals surface area (Å²) in [6.07, 6.45) is 2.07. The molecule has 0 saturated heterocycles. The molecule has 4 heteroatoms. The standard InChI is InChI=1S/C16H15BrN2O/c1-2-13(20)16-15(11-6-4-3-5-7-11)18-14-9-8-12(17)10-19(14)16/h3-10,13,20H,2H2,1H3. The fourth-order valence-electron chi connectivity index (χ4n) is 2.36. The zero-order chi connectivity index (χ0) is 14.1. The van der Waals surface area contributed by atoms with E-state index < -0.39 is 6.10 Å². The summed E-state index contributed by atoms with van der Waals surface area (Å²) in [6, 6.07) is 13.9. The lowest BCUT2D eigenvalue weighted by Crippen LogP contribution is -2.02. The summed E-state index contributed by atoms with van der Waals surface area (Å²) in [7, 11) is 0. The van der Waals surface area contributed by atoms with E-state index in [-0.39, 0.29) is 0 Å². The SMILES string of the molecule is CCC(O)c1c(-c2ccccc2)nc2ccc(Br)cn12. The second kappa shape index (κ2) is 5.38. The van der Waals surface area contributed by atoms with E-state index in [0.29, 0.717) is 6.42 Å². The highest BCUT2D eigenvalue weighted by Crippen LogP contribution is 2.31. The van der Waals surface area contributed by atoms with Crippen LogP contribution in [-0.2, 0) is 0 Å². The van der Waals surface area contributed by atoms with Crippen LogP contribution in [0.1, 0.15) is 25.1 Å². The van der Waals surface area contributed by atoms with E-state index in [1.165, 1.54) is 0 Å². The number of aliphatic hydroxyl groups excluding tert-OH is 1. The summed E-state index contributed by atoms with van der Waals surface area (Å²) in [5.41, 5.74) is 3.55. The van der Waals surface area contributed by atoms with E-state index in [4.69, 9.17) is 0 Å².